The quantitative estimate of drug-likeness (QED) is 0.598. The van der Waals surface area contributed by atoms with Crippen molar-refractivity contribution in [3.8, 4) is 5.75 Å². The lowest BCUT2D eigenvalue weighted by atomic mass is 10.1. The second-order valence-electron chi connectivity index (χ2n) is 7.36. The minimum atomic E-state index is -3.78. The van der Waals surface area contributed by atoms with Crippen molar-refractivity contribution in [1.82, 2.24) is 9.62 Å². The molecule has 30 heavy (non-hydrogen) atoms. The highest BCUT2D eigenvalue weighted by atomic mass is 32.2. The third-order valence-corrected chi connectivity index (χ3v) is 6.35. The number of fused-ring (bicyclic) bond motifs is 1. The van der Waals surface area contributed by atoms with Crippen molar-refractivity contribution >= 4 is 26.7 Å². The summed E-state index contributed by atoms with van der Waals surface area (Å²) in [4.78, 5) is 12.5. The molecule has 0 saturated carbocycles. The van der Waals surface area contributed by atoms with Gasteiger partial charge in [0.25, 0.3) is 0 Å². The van der Waals surface area contributed by atoms with Gasteiger partial charge in [0.1, 0.15) is 5.75 Å². The van der Waals surface area contributed by atoms with Gasteiger partial charge in [-0.15, -0.1) is 0 Å². The van der Waals surface area contributed by atoms with Gasteiger partial charge in [0.05, 0.1) is 17.5 Å². The van der Waals surface area contributed by atoms with Crippen molar-refractivity contribution in [3.05, 3.63) is 72.3 Å². The number of carbonyl (C=O) groups is 1. The first-order chi connectivity index (χ1) is 14.3. The molecule has 0 unspecified atom stereocenters. The molecule has 0 aromatic heterocycles. The van der Waals surface area contributed by atoms with E-state index in [1.165, 1.54) is 7.05 Å². The number of nitrogens with zero attached hydrogens (tertiary/aromatic N) is 1. The number of likely N-dealkylation sites (N-methyl/N-ethyl adjacent to an activating group) is 1. The molecule has 6 nitrogen and oxygen atoms in total. The maximum atomic E-state index is 12.9. The molecule has 0 aliphatic carbocycles. The monoisotopic (exact) mass is 426 g/mol. The Hall–Kier alpha value is -2.90. The fraction of sp³-hybridized carbons (Fsp3) is 0.261. The largest absolute Gasteiger partial charge is 0.491 e. The molecule has 3 aromatic rings. The summed E-state index contributed by atoms with van der Waals surface area (Å²) in [5.41, 5.74) is 0.876. The average Bonchev–Trinajstić information content (AvgIpc) is 2.71. The van der Waals surface area contributed by atoms with E-state index in [2.05, 4.69) is 5.32 Å². The number of carbonyl (C=O) groups excluding carboxylic acids is 1. The number of hydrogen-bond donors (Lipinski definition) is 1. The normalized spacial score (nSPS) is 11.8. The molecule has 0 bridgehead atoms. The molecule has 0 radical (unpaired) electrons. The van der Waals surface area contributed by atoms with E-state index in [1.54, 1.807) is 18.2 Å². The number of benzene rings is 3. The van der Waals surface area contributed by atoms with Crippen LogP contribution < -0.4 is 10.1 Å². The molecule has 7 heteroatoms. The molecular weight excluding hydrogens is 400 g/mol. The van der Waals surface area contributed by atoms with Crippen molar-refractivity contribution in [3.63, 3.8) is 0 Å². The lowest BCUT2D eigenvalue weighted by molar-refractivity contribution is -0.121. The highest BCUT2D eigenvalue weighted by Gasteiger charge is 2.23. The smallest absolute Gasteiger partial charge is 0.243 e. The molecule has 0 heterocycles. The van der Waals surface area contributed by atoms with Crippen molar-refractivity contribution < 1.29 is 17.9 Å². The Kier molecular flexibility index (Phi) is 6.74. The van der Waals surface area contributed by atoms with Crippen LogP contribution in [0, 0.1) is 0 Å². The molecule has 0 aliphatic rings. The van der Waals surface area contributed by atoms with Crippen molar-refractivity contribution in [1.29, 1.82) is 0 Å². The Morgan fingerprint density at radius 2 is 1.73 bits per heavy atom. The van der Waals surface area contributed by atoms with Gasteiger partial charge >= 0.3 is 0 Å². The van der Waals surface area contributed by atoms with Crippen molar-refractivity contribution in [2.75, 3.05) is 13.6 Å². The van der Waals surface area contributed by atoms with Crippen LogP contribution in [0.25, 0.3) is 10.8 Å². The summed E-state index contributed by atoms with van der Waals surface area (Å²) in [7, 11) is -2.37. The second-order valence-corrected chi connectivity index (χ2v) is 9.41. The molecule has 3 aromatic carbocycles. The number of nitrogens with one attached hydrogen (secondary N) is 1. The first kappa shape index (κ1) is 21.8. The third-order valence-electron chi connectivity index (χ3n) is 4.56. The number of sulfonamides is 1. The van der Waals surface area contributed by atoms with Crippen LogP contribution >= 0.6 is 0 Å². The Labute approximate surface area is 177 Å². The number of rotatable bonds is 8. The summed E-state index contributed by atoms with van der Waals surface area (Å²) >= 11 is 0. The molecule has 1 amide bonds. The zero-order valence-corrected chi connectivity index (χ0v) is 18.1. The maximum absolute atomic E-state index is 12.9. The van der Waals surface area contributed by atoms with E-state index in [1.807, 2.05) is 62.4 Å². The SMILES string of the molecule is CC(C)Oc1cccc(CNC(=O)CN(C)S(=O)(=O)c2ccc3ccccc3c2)c1. The predicted molar refractivity (Wildman–Crippen MR) is 118 cm³/mol. The van der Waals surface area contributed by atoms with Crippen LogP contribution in [0.4, 0.5) is 0 Å². The van der Waals surface area contributed by atoms with Gasteiger partial charge in [-0.1, -0.05) is 42.5 Å². The van der Waals surface area contributed by atoms with E-state index in [-0.39, 0.29) is 30.0 Å². The second kappa shape index (κ2) is 9.28. The highest BCUT2D eigenvalue weighted by Crippen LogP contribution is 2.21. The summed E-state index contributed by atoms with van der Waals surface area (Å²) in [6, 6.07) is 19.9. The summed E-state index contributed by atoms with van der Waals surface area (Å²) in [5, 5.41) is 4.56. The van der Waals surface area contributed by atoms with Crippen LogP contribution in [0.5, 0.6) is 5.75 Å². The Morgan fingerprint density at radius 3 is 2.47 bits per heavy atom. The van der Waals surface area contributed by atoms with E-state index in [9.17, 15) is 13.2 Å². The minimum Gasteiger partial charge on any atom is -0.491 e. The van der Waals surface area contributed by atoms with E-state index >= 15 is 0 Å². The molecule has 158 valence electrons. The van der Waals surface area contributed by atoms with Gasteiger partial charge in [-0.2, -0.15) is 4.31 Å². The van der Waals surface area contributed by atoms with Gasteiger partial charge in [0.15, 0.2) is 0 Å². The molecule has 0 aliphatic heterocycles. The van der Waals surface area contributed by atoms with Crippen LogP contribution in [-0.4, -0.2) is 38.3 Å². The topological polar surface area (TPSA) is 75.7 Å². The van der Waals surface area contributed by atoms with Crippen LogP contribution in [0.2, 0.25) is 0 Å². The van der Waals surface area contributed by atoms with Gasteiger partial charge in [0, 0.05) is 13.6 Å². The zero-order chi connectivity index (χ0) is 21.7. The third kappa shape index (κ3) is 5.37. The average molecular weight is 427 g/mol. The van der Waals surface area contributed by atoms with E-state index < -0.39 is 10.0 Å². The highest BCUT2D eigenvalue weighted by molar-refractivity contribution is 7.89. The van der Waals surface area contributed by atoms with Crippen LogP contribution in [-0.2, 0) is 21.4 Å². The molecule has 0 saturated heterocycles. The van der Waals surface area contributed by atoms with Gasteiger partial charge in [-0.3, -0.25) is 4.79 Å². The minimum absolute atomic E-state index is 0.0591. The van der Waals surface area contributed by atoms with Crippen LogP contribution in [0.15, 0.2) is 71.6 Å². The predicted octanol–water partition coefficient (Wildman–Crippen LogP) is 3.56. The van der Waals surface area contributed by atoms with Gasteiger partial charge in [-0.25, -0.2) is 8.42 Å². The first-order valence-electron chi connectivity index (χ1n) is 9.73. The molecule has 0 atom stereocenters. The Balaban J connectivity index is 1.63. The van der Waals surface area contributed by atoms with Crippen molar-refractivity contribution in [2.24, 2.45) is 0 Å². The first-order valence-corrected chi connectivity index (χ1v) is 11.2. The maximum Gasteiger partial charge on any atom is 0.243 e. The van der Waals surface area contributed by atoms with Gasteiger partial charge in [0.2, 0.25) is 15.9 Å². The van der Waals surface area contributed by atoms with Gasteiger partial charge < -0.3 is 10.1 Å². The zero-order valence-electron chi connectivity index (χ0n) is 17.3. The number of amides is 1. The van der Waals surface area contributed by atoms with Crippen molar-refractivity contribution in [2.45, 2.75) is 31.4 Å². The summed E-state index contributed by atoms with van der Waals surface area (Å²) in [6.45, 7) is 3.91. The fourth-order valence-corrected chi connectivity index (χ4v) is 4.22. The van der Waals surface area contributed by atoms with E-state index in [0.29, 0.717) is 0 Å². The van der Waals surface area contributed by atoms with Gasteiger partial charge in [-0.05, 0) is 54.4 Å². The summed E-state index contributed by atoms with van der Waals surface area (Å²) in [5.74, 6) is 0.352. The van der Waals surface area contributed by atoms with Crippen LogP contribution in [0.1, 0.15) is 19.4 Å². The Bertz CT molecular complexity index is 1140. The molecular formula is C23H26N2O4S. The molecule has 0 spiro atoms. The summed E-state index contributed by atoms with van der Waals surface area (Å²) in [6.07, 6.45) is 0.0591. The lowest BCUT2D eigenvalue weighted by Gasteiger charge is -2.17. The standard InChI is InChI=1S/C23H26N2O4S/c1-17(2)29-21-10-6-7-18(13-21)15-24-23(26)16-25(3)30(27,28)22-12-11-19-8-4-5-9-20(19)14-22/h4-14,17H,15-16H2,1-3H3,(H,24,26). The lowest BCUT2D eigenvalue weighted by Crippen LogP contribution is -2.38. The fourth-order valence-electron chi connectivity index (χ4n) is 3.05. The van der Waals surface area contributed by atoms with Crippen LogP contribution in [0.3, 0.4) is 0 Å². The molecule has 1 N–H and O–H groups in total. The Morgan fingerprint density at radius 1 is 1.00 bits per heavy atom. The van der Waals surface area contributed by atoms with E-state index in [0.717, 1.165) is 26.4 Å². The molecule has 0 fully saturated rings. The molecule has 3 rings (SSSR count). The number of hydrogen-bond acceptors (Lipinski definition) is 4. The summed E-state index contributed by atoms with van der Waals surface area (Å²) < 4.78 is 32.4. The van der Waals surface area contributed by atoms with E-state index in [4.69, 9.17) is 4.74 Å². The number of ether oxygens (including phenoxy) is 1.